The lowest BCUT2D eigenvalue weighted by Gasteiger charge is -2.00. The number of aryl methyl sites for hydroxylation is 1. The van der Waals surface area contributed by atoms with Crippen molar-refractivity contribution < 1.29 is 5.03 Å². The summed E-state index contributed by atoms with van der Waals surface area (Å²) in [6.07, 6.45) is 0. The molecule has 0 unspecified atom stereocenters. The molecule has 0 fully saturated rings. The molecular weight excluding hydrogens is 204 g/mol. The van der Waals surface area contributed by atoms with Gasteiger partial charge in [-0.2, -0.15) is 9.97 Å². The van der Waals surface area contributed by atoms with Crippen LogP contribution in [0.4, 0.5) is 11.9 Å². The predicted molar refractivity (Wildman–Crippen MR) is 48.3 cm³/mol. The summed E-state index contributed by atoms with van der Waals surface area (Å²) in [6.45, 7) is 1.67. The van der Waals surface area contributed by atoms with Crippen LogP contribution >= 0.6 is 0 Å². The van der Waals surface area contributed by atoms with Crippen LogP contribution in [0.2, 0.25) is 0 Å². The minimum atomic E-state index is -0.783. The third-order valence-corrected chi connectivity index (χ3v) is 1.65. The van der Waals surface area contributed by atoms with Crippen LogP contribution in [0.25, 0.3) is 5.78 Å². The monoisotopic (exact) mass is 210 g/mol. The molecule has 0 spiro atoms. The Morgan fingerprint density at radius 1 is 1.47 bits per heavy atom. The van der Waals surface area contributed by atoms with Gasteiger partial charge in [0, 0.05) is 0 Å². The van der Waals surface area contributed by atoms with E-state index in [0.29, 0.717) is 5.82 Å². The number of nitrogens with zero attached hydrogens (tertiary/aromatic N) is 6. The topological polar surface area (TPSA) is 137 Å². The molecule has 0 amide bonds. The van der Waals surface area contributed by atoms with Crippen molar-refractivity contribution in [2.24, 2.45) is 0 Å². The average Bonchev–Trinajstić information content (AvgIpc) is 2.46. The number of fused-ring (bicyclic) bond motifs is 1. The first-order chi connectivity index (χ1) is 7.08. The van der Waals surface area contributed by atoms with Crippen molar-refractivity contribution in [3.63, 3.8) is 0 Å². The summed E-state index contributed by atoms with van der Waals surface area (Å²) in [4.78, 5) is 17.6. The molecule has 0 radical (unpaired) electrons. The van der Waals surface area contributed by atoms with Gasteiger partial charge in [-0.3, -0.25) is 0 Å². The van der Waals surface area contributed by atoms with Gasteiger partial charge in [-0.1, -0.05) is 5.43 Å². The number of nitrogens with two attached hydrogens (primary N) is 1. The maximum absolute atomic E-state index is 10.2. The molecule has 10 heteroatoms. The number of nitrogens with one attached hydrogen (secondary N) is 1. The standard InChI is InChI=1S/C5H6N8O2/c1-2-9-10-5-8-4(11-13(14)15)7-3(6)12(2)5/h1H3,(H3,6,7,8,10,11). The first kappa shape index (κ1) is 9.05. The summed E-state index contributed by atoms with van der Waals surface area (Å²) in [5.41, 5.74) is 7.33. The molecule has 2 heterocycles. The van der Waals surface area contributed by atoms with Crippen molar-refractivity contribution in [3.8, 4) is 0 Å². The van der Waals surface area contributed by atoms with Gasteiger partial charge in [-0.15, -0.1) is 10.2 Å². The number of nitro groups is 1. The maximum atomic E-state index is 10.2. The van der Waals surface area contributed by atoms with Gasteiger partial charge in [0.15, 0.2) is 5.03 Å². The van der Waals surface area contributed by atoms with Gasteiger partial charge in [0.05, 0.1) is 0 Å². The molecule has 3 N–H and O–H groups in total. The third kappa shape index (κ3) is 1.47. The SMILES string of the molecule is Cc1nnc2nc(N[N+](=O)[O-])nc(N)n12. The lowest BCUT2D eigenvalue weighted by Crippen LogP contribution is -2.14. The van der Waals surface area contributed by atoms with Crippen molar-refractivity contribution in [2.45, 2.75) is 6.92 Å². The van der Waals surface area contributed by atoms with Crippen molar-refractivity contribution in [1.29, 1.82) is 0 Å². The van der Waals surface area contributed by atoms with Crippen LogP contribution < -0.4 is 11.2 Å². The van der Waals surface area contributed by atoms with E-state index < -0.39 is 5.03 Å². The van der Waals surface area contributed by atoms with E-state index in [-0.39, 0.29) is 17.7 Å². The number of hydrogen-bond donors (Lipinski definition) is 2. The van der Waals surface area contributed by atoms with Crippen LogP contribution in [-0.2, 0) is 0 Å². The summed E-state index contributed by atoms with van der Waals surface area (Å²) in [5, 5.41) is 16.7. The van der Waals surface area contributed by atoms with Gasteiger partial charge in [-0.25, -0.2) is 14.5 Å². The van der Waals surface area contributed by atoms with Crippen LogP contribution in [0.3, 0.4) is 0 Å². The highest BCUT2D eigenvalue weighted by atomic mass is 16.7. The van der Waals surface area contributed by atoms with E-state index >= 15 is 0 Å². The molecule has 15 heavy (non-hydrogen) atoms. The van der Waals surface area contributed by atoms with Gasteiger partial charge in [0.25, 0.3) is 11.7 Å². The molecule has 0 saturated heterocycles. The molecular formula is C5H6N8O2. The molecule has 2 aromatic heterocycles. The average molecular weight is 210 g/mol. The number of aromatic nitrogens is 5. The fourth-order valence-electron chi connectivity index (χ4n) is 1.10. The molecule has 0 atom stereocenters. The van der Waals surface area contributed by atoms with Crippen LogP contribution in [0, 0.1) is 17.0 Å². The molecule has 0 aliphatic heterocycles. The Labute approximate surface area is 82.3 Å². The zero-order valence-corrected chi connectivity index (χ0v) is 7.58. The van der Waals surface area contributed by atoms with Crippen molar-refractivity contribution in [1.82, 2.24) is 24.6 Å². The van der Waals surface area contributed by atoms with Gasteiger partial charge < -0.3 is 5.73 Å². The Kier molecular flexibility index (Phi) is 1.81. The van der Waals surface area contributed by atoms with Crippen molar-refractivity contribution >= 4 is 17.7 Å². The van der Waals surface area contributed by atoms with E-state index in [9.17, 15) is 10.1 Å². The highest BCUT2D eigenvalue weighted by molar-refractivity contribution is 5.42. The van der Waals surface area contributed by atoms with E-state index in [1.54, 1.807) is 12.3 Å². The quantitative estimate of drug-likeness (QED) is 0.476. The molecule has 0 aliphatic carbocycles. The third-order valence-electron chi connectivity index (χ3n) is 1.65. The zero-order valence-electron chi connectivity index (χ0n) is 7.58. The Morgan fingerprint density at radius 3 is 2.87 bits per heavy atom. The maximum Gasteiger partial charge on any atom is 0.291 e. The minimum Gasteiger partial charge on any atom is -0.369 e. The largest absolute Gasteiger partial charge is 0.369 e. The minimum absolute atomic E-state index is 0.0341. The fraction of sp³-hybridized carbons (Fsp3) is 0.200. The number of nitrogen functional groups attached to an aromatic ring is 1. The fourth-order valence-corrected chi connectivity index (χ4v) is 1.10. The normalized spacial score (nSPS) is 10.5. The number of anilines is 2. The lowest BCUT2D eigenvalue weighted by atomic mass is 10.7. The van der Waals surface area contributed by atoms with Gasteiger partial charge in [-0.05, 0) is 6.92 Å². The first-order valence-electron chi connectivity index (χ1n) is 3.84. The van der Waals surface area contributed by atoms with Crippen molar-refractivity contribution in [3.05, 3.63) is 15.9 Å². The highest BCUT2D eigenvalue weighted by Gasteiger charge is 2.11. The Balaban J connectivity index is 2.58. The summed E-state index contributed by atoms with van der Waals surface area (Å²) in [7, 11) is 0. The van der Waals surface area contributed by atoms with E-state index in [2.05, 4.69) is 20.2 Å². The molecule has 0 saturated carbocycles. The van der Waals surface area contributed by atoms with E-state index in [1.807, 2.05) is 0 Å². The second kappa shape index (κ2) is 3.01. The van der Waals surface area contributed by atoms with E-state index in [1.165, 1.54) is 4.40 Å². The Bertz CT molecular complexity index is 533. The second-order valence-corrected chi connectivity index (χ2v) is 2.66. The highest BCUT2D eigenvalue weighted by Crippen LogP contribution is 2.08. The Hall–Kier alpha value is -2.52. The molecule has 78 valence electrons. The smallest absolute Gasteiger partial charge is 0.291 e. The summed E-state index contributed by atoms with van der Waals surface area (Å²) >= 11 is 0. The molecule has 2 rings (SSSR count). The van der Waals surface area contributed by atoms with Crippen LogP contribution in [-0.4, -0.2) is 29.6 Å². The molecule has 0 bridgehead atoms. The van der Waals surface area contributed by atoms with Gasteiger partial charge in [0.1, 0.15) is 5.82 Å². The van der Waals surface area contributed by atoms with Gasteiger partial charge in [0.2, 0.25) is 5.95 Å². The first-order valence-corrected chi connectivity index (χ1v) is 3.84. The van der Waals surface area contributed by atoms with Crippen molar-refractivity contribution in [2.75, 3.05) is 11.2 Å². The summed E-state index contributed by atoms with van der Waals surface area (Å²) in [5.74, 6) is 0.476. The van der Waals surface area contributed by atoms with Crippen LogP contribution in [0.5, 0.6) is 0 Å². The number of hydrogen-bond acceptors (Lipinski definition) is 7. The number of rotatable bonds is 2. The molecule has 2 aromatic rings. The molecule has 0 aromatic carbocycles. The Morgan fingerprint density at radius 2 is 2.20 bits per heavy atom. The lowest BCUT2D eigenvalue weighted by molar-refractivity contribution is -0.446. The summed E-state index contributed by atoms with van der Waals surface area (Å²) in [6, 6.07) is 0. The predicted octanol–water partition coefficient (Wildman–Crippen LogP) is -0.986. The van der Waals surface area contributed by atoms with Gasteiger partial charge >= 0.3 is 0 Å². The van der Waals surface area contributed by atoms with E-state index in [0.717, 1.165) is 0 Å². The van der Waals surface area contributed by atoms with Crippen LogP contribution in [0.15, 0.2) is 0 Å². The van der Waals surface area contributed by atoms with Crippen LogP contribution in [0.1, 0.15) is 5.82 Å². The molecule has 0 aliphatic rings. The van der Waals surface area contributed by atoms with E-state index in [4.69, 9.17) is 5.73 Å². The number of hydrazine groups is 1. The summed E-state index contributed by atoms with van der Waals surface area (Å²) < 4.78 is 1.38. The zero-order chi connectivity index (χ0) is 11.0. The second-order valence-electron chi connectivity index (χ2n) is 2.66. The molecule has 10 nitrogen and oxygen atoms in total.